The van der Waals surface area contributed by atoms with Crippen LogP contribution in [0.3, 0.4) is 0 Å². The van der Waals surface area contributed by atoms with E-state index in [1.54, 1.807) is 19.5 Å². The summed E-state index contributed by atoms with van der Waals surface area (Å²) in [6, 6.07) is 31.4. The number of carbonyl (C=O) groups is 2. The number of rotatable bonds is 7. The van der Waals surface area contributed by atoms with Crippen LogP contribution in [0.5, 0.6) is 5.75 Å². The predicted octanol–water partition coefficient (Wildman–Crippen LogP) is 8.11. The number of aromatic nitrogens is 1. The lowest BCUT2D eigenvalue weighted by molar-refractivity contribution is -0.114. The number of carbonyl (C=O) groups excluding carboxylic acids is 2. The normalized spacial score (nSPS) is 21.6. The molecule has 0 atom stereocenters. The van der Waals surface area contributed by atoms with Gasteiger partial charge in [0, 0.05) is 72.9 Å². The Morgan fingerprint density at radius 2 is 1.08 bits per heavy atom. The molecule has 3 heterocycles. The van der Waals surface area contributed by atoms with Crippen LogP contribution in [0.4, 0.5) is 0 Å². The zero-order valence-corrected chi connectivity index (χ0v) is 29.5. The van der Waals surface area contributed by atoms with Gasteiger partial charge in [-0.3, -0.25) is 24.4 Å². The molecule has 0 amide bonds. The average Bonchev–Trinajstić information content (AvgIpc) is 4.07. The molecule has 8 rings (SSSR count). The van der Waals surface area contributed by atoms with E-state index in [9.17, 15) is 9.59 Å². The lowest BCUT2D eigenvalue weighted by Gasteiger charge is -2.29. The standard InChI is InChI=1S/C24H25NO2.C21H20N2O/c1-17-5-3-6-18(11-17)12-20-15-25(22-9-10-22)16-21(24(20)26)13-19-7-4-8-23(14-19)27-2;24-21-18(11-16-5-2-1-3-6-16)14-23(20-8-9-20)15-19(21)12-17-7-4-10-22-13-17/h3-8,11-14,22H,9-10,15-16H2,1-2H3;1-7,10-13,20H,8-9,14-15H2/b20-12+,21-13+;18-11+,19-12+. The number of hydrogen-bond acceptors (Lipinski definition) is 6. The summed E-state index contributed by atoms with van der Waals surface area (Å²) >= 11 is 0. The van der Waals surface area contributed by atoms with E-state index < -0.39 is 0 Å². The molecule has 4 aromatic rings. The second-order valence-corrected chi connectivity index (χ2v) is 14.0. The molecule has 6 nitrogen and oxygen atoms in total. The Balaban J connectivity index is 0.000000160. The third kappa shape index (κ3) is 9.14. The highest BCUT2D eigenvalue weighted by atomic mass is 16.5. The Kier molecular flexibility index (Phi) is 10.6. The van der Waals surface area contributed by atoms with E-state index in [1.807, 2.05) is 91.0 Å². The van der Waals surface area contributed by atoms with Crippen molar-refractivity contribution in [1.29, 1.82) is 0 Å². The maximum Gasteiger partial charge on any atom is 0.187 e. The number of piperidine rings is 2. The molecule has 3 aromatic carbocycles. The third-order valence-electron chi connectivity index (χ3n) is 9.77. The lowest BCUT2D eigenvalue weighted by atomic mass is 9.94. The van der Waals surface area contributed by atoms with Crippen molar-refractivity contribution < 1.29 is 14.3 Å². The summed E-state index contributed by atoms with van der Waals surface area (Å²) in [7, 11) is 1.66. The van der Waals surface area contributed by atoms with Crippen molar-refractivity contribution in [1.82, 2.24) is 14.8 Å². The van der Waals surface area contributed by atoms with E-state index in [0.717, 1.165) is 76.5 Å². The molecule has 2 saturated carbocycles. The molecule has 0 unspecified atom stereocenters. The molecule has 0 N–H and O–H groups in total. The summed E-state index contributed by atoms with van der Waals surface area (Å²) in [5.74, 6) is 1.14. The van der Waals surface area contributed by atoms with Crippen molar-refractivity contribution in [3.8, 4) is 5.75 Å². The van der Waals surface area contributed by atoms with Gasteiger partial charge in [-0.05, 0) is 97.4 Å². The topological polar surface area (TPSA) is 62.7 Å². The van der Waals surface area contributed by atoms with Crippen LogP contribution in [0.25, 0.3) is 24.3 Å². The highest BCUT2D eigenvalue weighted by molar-refractivity contribution is 6.15. The number of pyridine rings is 1. The smallest absolute Gasteiger partial charge is 0.187 e. The van der Waals surface area contributed by atoms with Gasteiger partial charge < -0.3 is 4.74 Å². The van der Waals surface area contributed by atoms with Crippen LogP contribution >= 0.6 is 0 Å². The maximum atomic E-state index is 13.2. The Labute approximate surface area is 301 Å². The second kappa shape index (κ2) is 15.8. The second-order valence-electron chi connectivity index (χ2n) is 14.0. The number of nitrogens with zero attached hydrogens (tertiary/aromatic N) is 3. The van der Waals surface area contributed by atoms with Gasteiger partial charge in [0.1, 0.15) is 5.75 Å². The number of aryl methyl sites for hydroxylation is 1. The largest absolute Gasteiger partial charge is 0.497 e. The number of methoxy groups -OCH3 is 1. The van der Waals surface area contributed by atoms with Crippen LogP contribution in [0.2, 0.25) is 0 Å². The summed E-state index contributed by atoms with van der Waals surface area (Å²) in [6.07, 6.45) is 16.6. The number of ketones is 2. The summed E-state index contributed by atoms with van der Waals surface area (Å²) < 4.78 is 5.32. The minimum atomic E-state index is 0.163. The lowest BCUT2D eigenvalue weighted by Crippen LogP contribution is -2.39. The van der Waals surface area contributed by atoms with E-state index >= 15 is 0 Å². The Bertz CT molecular complexity index is 1940. The van der Waals surface area contributed by atoms with Gasteiger partial charge in [0.05, 0.1) is 7.11 Å². The van der Waals surface area contributed by atoms with Gasteiger partial charge >= 0.3 is 0 Å². The van der Waals surface area contributed by atoms with Crippen molar-refractivity contribution in [2.75, 3.05) is 33.3 Å². The molecule has 2 saturated heterocycles. The summed E-state index contributed by atoms with van der Waals surface area (Å²) in [6.45, 7) is 5.04. The number of Topliss-reactive ketones (excluding diaryl/α,β-unsaturated/α-hetero) is 2. The minimum Gasteiger partial charge on any atom is -0.497 e. The summed E-state index contributed by atoms with van der Waals surface area (Å²) in [5.41, 5.74) is 8.86. The fourth-order valence-corrected chi connectivity index (χ4v) is 6.83. The van der Waals surface area contributed by atoms with E-state index in [2.05, 4.69) is 46.0 Å². The van der Waals surface area contributed by atoms with Crippen LogP contribution in [-0.2, 0) is 9.59 Å². The monoisotopic (exact) mass is 675 g/mol. The fraction of sp³-hybridized carbons (Fsp3) is 0.267. The number of ether oxygens (including phenoxy) is 1. The van der Waals surface area contributed by atoms with Crippen molar-refractivity contribution >= 4 is 35.9 Å². The highest BCUT2D eigenvalue weighted by Crippen LogP contribution is 2.34. The first-order valence-electron chi connectivity index (χ1n) is 18.0. The first kappa shape index (κ1) is 34.3. The fourth-order valence-electron chi connectivity index (χ4n) is 6.83. The van der Waals surface area contributed by atoms with Gasteiger partial charge in [-0.2, -0.15) is 0 Å². The molecule has 4 fully saturated rings. The van der Waals surface area contributed by atoms with E-state index in [0.29, 0.717) is 12.1 Å². The zero-order chi connectivity index (χ0) is 35.2. The van der Waals surface area contributed by atoms with Crippen LogP contribution in [0.15, 0.2) is 126 Å². The molecule has 0 bridgehead atoms. The molecule has 2 aliphatic carbocycles. The highest BCUT2D eigenvalue weighted by Gasteiger charge is 2.36. The van der Waals surface area contributed by atoms with E-state index in [4.69, 9.17) is 4.74 Å². The molecule has 0 radical (unpaired) electrons. The first-order valence-corrected chi connectivity index (χ1v) is 18.0. The van der Waals surface area contributed by atoms with E-state index in [-0.39, 0.29) is 11.6 Å². The molecule has 0 spiro atoms. The average molecular weight is 676 g/mol. The van der Waals surface area contributed by atoms with Crippen LogP contribution in [0.1, 0.15) is 53.5 Å². The Morgan fingerprint density at radius 3 is 1.59 bits per heavy atom. The van der Waals surface area contributed by atoms with Gasteiger partial charge in [-0.15, -0.1) is 0 Å². The summed E-state index contributed by atoms with van der Waals surface area (Å²) in [5, 5.41) is 0. The molecular formula is C45H45N3O3. The van der Waals surface area contributed by atoms with Gasteiger partial charge in [0.2, 0.25) is 0 Å². The number of benzene rings is 3. The van der Waals surface area contributed by atoms with Crippen molar-refractivity contribution in [2.45, 2.75) is 44.7 Å². The number of likely N-dealkylation sites (tertiary alicyclic amines) is 2. The number of hydrogen-bond donors (Lipinski definition) is 0. The van der Waals surface area contributed by atoms with Crippen LogP contribution in [-0.4, -0.2) is 71.7 Å². The quantitative estimate of drug-likeness (QED) is 0.185. The molecule has 6 heteroatoms. The van der Waals surface area contributed by atoms with Gasteiger partial charge in [-0.25, -0.2) is 0 Å². The summed E-state index contributed by atoms with van der Waals surface area (Å²) in [4.78, 5) is 35.1. The Hall–Kier alpha value is -5.17. The SMILES string of the molecule is COc1cccc(/C=C2\CN(C3CC3)C/C(=C\c3cccc(C)c3)C2=O)c1.O=C1/C(=C/c2ccccc2)CN(C2CC2)C/C1=C\c1cccnc1. The van der Waals surface area contributed by atoms with Gasteiger partial charge in [0.25, 0.3) is 0 Å². The van der Waals surface area contributed by atoms with E-state index in [1.165, 1.54) is 31.2 Å². The zero-order valence-electron chi connectivity index (χ0n) is 29.5. The molecular weight excluding hydrogens is 631 g/mol. The predicted molar refractivity (Wildman–Crippen MR) is 206 cm³/mol. The van der Waals surface area contributed by atoms with Crippen molar-refractivity contribution in [3.05, 3.63) is 153 Å². The minimum absolute atomic E-state index is 0.163. The van der Waals surface area contributed by atoms with Crippen molar-refractivity contribution in [2.24, 2.45) is 0 Å². The van der Waals surface area contributed by atoms with Crippen LogP contribution < -0.4 is 4.74 Å². The Morgan fingerprint density at radius 1 is 0.588 bits per heavy atom. The first-order chi connectivity index (χ1) is 24.9. The van der Waals surface area contributed by atoms with Gasteiger partial charge in [-0.1, -0.05) is 78.4 Å². The third-order valence-corrected chi connectivity index (χ3v) is 9.77. The molecule has 258 valence electrons. The molecule has 4 aliphatic rings. The maximum absolute atomic E-state index is 13.2. The van der Waals surface area contributed by atoms with Gasteiger partial charge in [0.15, 0.2) is 11.6 Å². The van der Waals surface area contributed by atoms with Crippen molar-refractivity contribution in [3.63, 3.8) is 0 Å². The molecule has 1 aromatic heterocycles. The molecule has 51 heavy (non-hydrogen) atoms. The molecule has 2 aliphatic heterocycles. The van der Waals surface area contributed by atoms with Crippen LogP contribution in [0, 0.1) is 6.92 Å².